The Kier molecular flexibility index (Phi) is 6.67. The summed E-state index contributed by atoms with van der Waals surface area (Å²) in [5.41, 5.74) is 2.14. The van der Waals surface area contributed by atoms with Crippen LogP contribution in [-0.2, 0) is 17.9 Å². The molecule has 2 aromatic rings. The third kappa shape index (κ3) is 5.09. The molecule has 4 nitrogen and oxygen atoms in total. The zero-order chi connectivity index (χ0) is 18.2. The Hall–Kier alpha value is -2.33. The van der Waals surface area contributed by atoms with Crippen LogP contribution in [0.25, 0.3) is 0 Å². The maximum atomic E-state index is 12.6. The number of nitrogens with one attached hydrogen (secondary N) is 1. The number of rotatable bonds is 6. The van der Waals surface area contributed by atoms with E-state index in [9.17, 15) is 4.79 Å². The van der Waals surface area contributed by atoms with Crippen molar-refractivity contribution in [2.45, 2.75) is 44.9 Å². The van der Waals surface area contributed by atoms with Crippen LogP contribution in [0.1, 0.15) is 36.8 Å². The van der Waals surface area contributed by atoms with Gasteiger partial charge in [0.05, 0.1) is 6.04 Å². The van der Waals surface area contributed by atoms with Crippen LogP contribution in [0.4, 0.5) is 0 Å². The van der Waals surface area contributed by atoms with E-state index in [-0.39, 0.29) is 11.9 Å². The maximum Gasteiger partial charge on any atom is 0.237 e. The summed E-state index contributed by atoms with van der Waals surface area (Å²) in [7, 11) is 2.05. The number of nitrogens with zero attached hydrogens (tertiary/aromatic N) is 1. The predicted octanol–water partition coefficient (Wildman–Crippen LogP) is 3.76. The first-order valence-corrected chi connectivity index (χ1v) is 9.46. The Morgan fingerprint density at radius 1 is 1.08 bits per heavy atom. The third-order valence-corrected chi connectivity index (χ3v) is 4.99. The van der Waals surface area contributed by atoms with E-state index in [1.54, 1.807) is 0 Å². The van der Waals surface area contributed by atoms with E-state index in [0.717, 1.165) is 36.3 Å². The first kappa shape index (κ1) is 18.5. The van der Waals surface area contributed by atoms with Crippen molar-refractivity contribution in [3.8, 4) is 5.75 Å². The van der Waals surface area contributed by atoms with Gasteiger partial charge in [-0.15, -0.1) is 0 Å². The molecule has 4 heteroatoms. The molecule has 1 aliphatic heterocycles. The first-order valence-electron chi connectivity index (χ1n) is 9.46. The summed E-state index contributed by atoms with van der Waals surface area (Å²) in [4.78, 5) is 14.8. The molecule has 1 heterocycles. The number of benzene rings is 2. The Balaban J connectivity index is 1.58. The molecule has 1 amide bonds. The van der Waals surface area contributed by atoms with E-state index in [1.165, 1.54) is 12.8 Å². The zero-order valence-electron chi connectivity index (χ0n) is 15.5. The molecule has 3 rings (SSSR count). The highest BCUT2D eigenvalue weighted by Gasteiger charge is 2.24. The summed E-state index contributed by atoms with van der Waals surface area (Å²) in [6.07, 6.45) is 4.45. The van der Waals surface area contributed by atoms with Gasteiger partial charge in [0.1, 0.15) is 12.4 Å². The molecule has 26 heavy (non-hydrogen) atoms. The second kappa shape index (κ2) is 9.39. The van der Waals surface area contributed by atoms with Gasteiger partial charge >= 0.3 is 0 Å². The number of carbonyl (C=O) groups excluding carboxylic acids is 1. The van der Waals surface area contributed by atoms with Crippen molar-refractivity contribution in [3.63, 3.8) is 0 Å². The van der Waals surface area contributed by atoms with Crippen LogP contribution in [0.3, 0.4) is 0 Å². The lowest BCUT2D eigenvalue weighted by atomic mass is 10.1. The molecule has 0 aromatic heterocycles. The van der Waals surface area contributed by atoms with Crippen molar-refractivity contribution in [3.05, 3.63) is 65.7 Å². The number of para-hydroxylation sites is 1. The second-order valence-electron chi connectivity index (χ2n) is 6.95. The number of likely N-dealkylation sites (tertiary alicyclic amines) is 1. The molecule has 0 saturated carbocycles. The molecule has 1 fully saturated rings. The van der Waals surface area contributed by atoms with Crippen LogP contribution in [0, 0.1) is 0 Å². The molecule has 2 aromatic carbocycles. The fourth-order valence-corrected chi connectivity index (χ4v) is 3.41. The molecule has 0 bridgehead atoms. The van der Waals surface area contributed by atoms with Crippen molar-refractivity contribution < 1.29 is 9.53 Å². The quantitative estimate of drug-likeness (QED) is 0.861. The number of hydrogen-bond acceptors (Lipinski definition) is 3. The highest BCUT2D eigenvalue weighted by Crippen LogP contribution is 2.20. The molecule has 0 aliphatic carbocycles. The zero-order valence-corrected chi connectivity index (χ0v) is 15.5. The van der Waals surface area contributed by atoms with E-state index in [1.807, 2.05) is 61.6 Å². The van der Waals surface area contributed by atoms with Crippen LogP contribution < -0.4 is 10.1 Å². The van der Waals surface area contributed by atoms with Gasteiger partial charge in [-0.2, -0.15) is 0 Å². The van der Waals surface area contributed by atoms with Gasteiger partial charge in [0, 0.05) is 12.1 Å². The lowest BCUT2D eigenvalue weighted by molar-refractivity contribution is -0.126. The van der Waals surface area contributed by atoms with E-state index in [2.05, 4.69) is 10.2 Å². The first-order chi connectivity index (χ1) is 12.7. The lowest BCUT2D eigenvalue weighted by Gasteiger charge is -2.24. The van der Waals surface area contributed by atoms with Crippen molar-refractivity contribution in [1.82, 2.24) is 10.2 Å². The number of ether oxygens (including phenoxy) is 1. The summed E-state index contributed by atoms with van der Waals surface area (Å²) in [6, 6.07) is 18.0. The van der Waals surface area contributed by atoms with Gasteiger partial charge in [0.25, 0.3) is 0 Å². The molecule has 0 radical (unpaired) electrons. The minimum absolute atomic E-state index is 0.0186. The van der Waals surface area contributed by atoms with E-state index in [4.69, 9.17) is 4.74 Å². The van der Waals surface area contributed by atoms with Crippen molar-refractivity contribution >= 4 is 5.91 Å². The Morgan fingerprint density at radius 3 is 2.69 bits per heavy atom. The van der Waals surface area contributed by atoms with E-state index < -0.39 is 0 Å². The van der Waals surface area contributed by atoms with Gasteiger partial charge in [-0.1, -0.05) is 61.4 Å². The van der Waals surface area contributed by atoms with Crippen LogP contribution >= 0.6 is 0 Å². The number of carbonyl (C=O) groups is 1. The molecule has 138 valence electrons. The van der Waals surface area contributed by atoms with Crippen molar-refractivity contribution in [1.29, 1.82) is 0 Å². The summed E-state index contributed by atoms with van der Waals surface area (Å²) >= 11 is 0. The fourth-order valence-electron chi connectivity index (χ4n) is 3.41. The van der Waals surface area contributed by atoms with Crippen LogP contribution in [0.15, 0.2) is 54.6 Å². The highest BCUT2D eigenvalue weighted by molar-refractivity contribution is 5.81. The molecule has 1 unspecified atom stereocenters. The number of hydrogen-bond donors (Lipinski definition) is 1. The summed E-state index contributed by atoms with van der Waals surface area (Å²) < 4.78 is 5.98. The molecule has 1 saturated heterocycles. The largest absolute Gasteiger partial charge is 0.489 e. The molecule has 1 atom stereocenters. The Labute approximate surface area is 156 Å². The van der Waals surface area contributed by atoms with Crippen LogP contribution in [-0.4, -0.2) is 30.4 Å². The monoisotopic (exact) mass is 352 g/mol. The fraction of sp³-hybridized carbons (Fsp3) is 0.409. The molecule has 1 aliphatic rings. The minimum atomic E-state index is -0.0186. The standard InChI is InChI=1S/C22H28N2O2/c1-24-15-9-3-6-13-20(24)22(25)23-16-19-12-7-8-14-21(19)26-17-18-10-4-2-5-11-18/h2,4-5,7-8,10-12,14,20H,3,6,9,13,15-17H2,1H3,(H,23,25). The summed E-state index contributed by atoms with van der Waals surface area (Å²) in [5, 5.41) is 3.10. The van der Waals surface area contributed by atoms with Crippen LogP contribution in [0.5, 0.6) is 5.75 Å². The molecule has 0 spiro atoms. The van der Waals surface area contributed by atoms with Crippen molar-refractivity contribution in [2.75, 3.05) is 13.6 Å². The smallest absolute Gasteiger partial charge is 0.237 e. The normalized spacial score (nSPS) is 18.1. The average molecular weight is 352 g/mol. The predicted molar refractivity (Wildman–Crippen MR) is 104 cm³/mol. The molecular formula is C22H28N2O2. The Bertz CT molecular complexity index is 702. The average Bonchev–Trinajstić information content (AvgIpc) is 2.90. The molecule has 1 N–H and O–H groups in total. The minimum Gasteiger partial charge on any atom is -0.489 e. The second-order valence-corrected chi connectivity index (χ2v) is 6.95. The maximum absolute atomic E-state index is 12.6. The van der Waals surface area contributed by atoms with E-state index >= 15 is 0 Å². The number of likely N-dealkylation sites (N-methyl/N-ethyl adjacent to an activating group) is 1. The van der Waals surface area contributed by atoms with Crippen molar-refractivity contribution in [2.24, 2.45) is 0 Å². The van der Waals surface area contributed by atoms with Gasteiger partial charge in [0.15, 0.2) is 0 Å². The summed E-state index contributed by atoms with van der Waals surface area (Å²) in [6.45, 7) is 2.01. The third-order valence-electron chi connectivity index (χ3n) is 4.99. The van der Waals surface area contributed by atoms with Gasteiger partial charge in [0.2, 0.25) is 5.91 Å². The topological polar surface area (TPSA) is 41.6 Å². The number of amides is 1. The lowest BCUT2D eigenvalue weighted by Crippen LogP contribution is -2.44. The van der Waals surface area contributed by atoms with Gasteiger partial charge in [-0.05, 0) is 38.1 Å². The van der Waals surface area contributed by atoms with Gasteiger partial charge in [-0.25, -0.2) is 0 Å². The summed E-state index contributed by atoms with van der Waals surface area (Å²) in [5.74, 6) is 0.943. The Morgan fingerprint density at radius 2 is 1.85 bits per heavy atom. The van der Waals surface area contributed by atoms with Gasteiger partial charge < -0.3 is 10.1 Å². The van der Waals surface area contributed by atoms with Crippen LogP contribution in [0.2, 0.25) is 0 Å². The van der Waals surface area contributed by atoms with Gasteiger partial charge in [-0.3, -0.25) is 9.69 Å². The molecular weight excluding hydrogens is 324 g/mol. The SMILES string of the molecule is CN1CCCCCC1C(=O)NCc1ccccc1OCc1ccccc1. The highest BCUT2D eigenvalue weighted by atomic mass is 16.5. The van der Waals surface area contributed by atoms with E-state index in [0.29, 0.717) is 13.2 Å².